The molecule has 2 aromatic heterocycles. The average molecular weight is 358 g/mol. The molecule has 0 bridgehead atoms. The van der Waals surface area contributed by atoms with Gasteiger partial charge in [0, 0.05) is 38.4 Å². The van der Waals surface area contributed by atoms with Gasteiger partial charge >= 0.3 is 0 Å². The van der Waals surface area contributed by atoms with Crippen molar-refractivity contribution in [1.82, 2.24) is 20.0 Å². The number of hydrogen-bond donors (Lipinski definition) is 1. The van der Waals surface area contributed by atoms with Crippen LogP contribution in [0.25, 0.3) is 0 Å². The van der Waals surface area contributed by atoms with E-state index in [9.17, 15) is 4.79 Å². The summed E-state index contributed by atoms with van der Waals surface area (Å²) in [6.07, 6.45) is 8.99. The number of rotatable bonds is 5. The Hall–Kier alpha value is -2.12. The molecule has 1 atom stereocenters. The van der Waals surface area contributed by atoms with Crippen LogP contribution in [0, 0.1) is 0 Å². The molecule has 0 saturated carbocycles. The van der Waals surface area contributed by atoms with Crippen LogP contribution in [0.3, 0.4) is 0 Å². The number of nitrogens with zero attached hydrogens (tertiary/aromatic N) is 3. The Labute approximate surface area is 153 Å². The summed E-state index contributed by atoms with van der Waals surface area (Å²) in [4.78, 5) is 14.8. The zero-order chi connectivity index (χ0) is 18.0. The predicted molar refractivity (Wildman–Crippen MR) is 95.1 cm³/mol. The molecule has 1 spiro atoms. The van der Waals surface area contributed by atoms with Crippen LogP contribution in [-0.4, -0.2) is 45.4 Å². The number of hydrogen-bond acceptors (Lipinski definition) is 5. The van der Waals surface area contributed by atoms with E-state index < -0.39 is 0 Å². The first kappa shape index (κ1) is 17.3. The lowest BCUT2D eigenvalue weighted by Gasteiger charge is -2.38. The van der Waals surface area contributed by atoms with Crippen LogP contribution in [0.15, 0.2) is 35.2 Å². The number of aryl methyl sites for hydroxylation is 1. The molecule has 2 aromatic rings. The molecule has 7 heteroatoms. The molecule has 1 N–H and O–H groups in total. The van der Waals surface area contributed by atoms with Crippen LogP contribution in [0.2, 0.25) is 0 Å². The Morgan fingerprint density at radius 1 is 1.38 bits per heavy atom. The first-order valence-corrected chi connectivity index (χ1v) is 9.30. The van der Waals surface area contributed by atoms with Gasteiger partial charge in [-0.3, -0.25) is 14.4 Å². The lowest BCUT2D eigenvalue weighted by molar-refractivity contribution is -0.141. The minimum Gasteiger partial charge on any atom is -0.467 e. The molecular formula is C19H26N4O3. The highest BCUT2D eigenvalue weighted by Crippen LogP contribution is 2.39. The lowest BCUT2D eigenvalue weighted by Crippen LogP contribution is -2.45. The Morgan fingerprint density at radius 2 is 2.23 bits per heavy atom. The standard InChI is InChI=1S/C19H26N4O3/c1-22-13-15(11-21-22)14-23-8-6-19(7-9-23)5-4-17(26-19)18(24)20-12-16-3-2-10-25-16/h2-3,10-11,13,17H,4-9,12,14H2,1H3,(H,20,24). The van der Waals surface area contributed by atoms with Crippen molar-refractivity contribution in [2.45, 2.75) is 50.5 Å². The van der Waals surface area contributed by atoms with Gasteiger partial charge in [-0.1, -0.05) is 0 Å². The molecule has 1 unspecified atom stereocenters. The highest BCUT2D eigenvalue weighted by Gasteiger charge is 2.44. The van der Waals surface area contributed by atoms with Gasteiger partial charge in [-0.15, -0.1) is 0 Å². The number of nitrogens with one attached hydrogen (secondary N) is 1. The van der Waals surface area contributed by atoms with Crippen LogP contribution >= 0.6 is 0 Å². The van der Waals surface area contributed by atoms with Gasteiger partial charge in [0.1, 0.15) is 11.9 Å². The predicted octanol–water partition coefficient (Wildman–Crippen LogP) is 1.84. The average Bonchev–Trinajstić information content (AvgIpc) is 3.37. The molecule has 7 nitrogen and oxygen atoms in total. The maximum atomic E-state index is 12.4. The van der Waals surface area contributed by atoms with Gasteiger partial charge in [-0.25, -0.2) is 0 Å². The number of furan rings is 1. The van der Waals surface area contributed by atoms with Crippen molar-refractivity contribution in [1.29, 1.82) is 0 Å². The van der Waals surface area contributed by atoms with E-state index in [2.05, 4.69) is 21.5 Å². The Kier molecular flexibility index (Phi) is 4.82. The van der Waals surface area contributed by atoms with E-state index >= 15 is 0 Å². The monoisotopic (exact) mass is 358 g/mol. The number of carbonyl (C=O) groups is 1. The zero-order valence-electron chi connectivity index (χ0n) is 15.2. The molecule has 0 radical (unpaired) electrons. The molecule has 140 valence electrons. The second-order valence-corrected chi connectivity index (χ2v) is 7.42. The summed E-state index contributed by atoms with van der Waals surface area (Å²) in [5.74, 6) is 0.728. The molecule has 1 amide bonds. The number of piperidine rings is 1. The van der Waals surface area contributed by atoms with Crippen LogP contribution in [0.4, 0.5) is 0 Å². The molecule has 2 fully saturated rings. The van der Waals surface area contributed by atoms with Gasteiger partial charge in [0.05, 0.1) is 24.6 Å². The zero-order valence-corrected chi connectivity index (χ0v) is 15.2. The first-order chi connectivity index (χ1) is 12.6. The Balaban J connectivity index is 1.25. The fraction of sp³-hybridized carbons (Fsp3) is 0.579. The largest absolute Gasteiger partial charge is 0.467 e. The summed E-state index contributed by atoms with van der Waals surface area (Å²) in [5.41, 5.74) is 1.11. The third-order valence-electron chi connectivity index (χ3n) is 5.50. The summed E-state index contributed by atoms with van der Waals surface area (Å²) in [6.45, 7) is 3.33. The minimum atomic E-state index is -0.338. The molecule has 26 heavy (non-hydrogen) atoms. The van der Waals surface area contributed by atoms with Crippen molar-refractivity contribution < 1.29 is 13.9 Å². The molecule has 2 aliphatic rings. The van der Waals surface area contributed by atoms with E-state index in [0.717, 1.165) is 51.1 Å². The van der Waals surface area contributed by atoms with Gasteiger partial charge in [-0.2, -0.15) is 5.10 Å². The fourth-order valence-electron chi connectivity index (χ4n) is 4.00. The van der Waals surface area contributed by atoms with Crippen molar-refractivity contribution in [3.05, 3.63) is 42.1 Å². The van der Waals surface area contributed by atoms with Crippen molar-refractivity contribution >= 4 is 5.91 Å². The smallest absolute Gasteiger partial charge is 0.249 e. The molecular weight excluding hydrogens is 332 g/mol. The third-order valence-corrected chi connectivity index (χ3v) is 5.50. The Morgan fingerprint density at radius 3 is 2.92 bits per heavy atom. The van der Waals surface area contributed by atoms with E-state index in [1.807, 2.05) is 30.1 Å². The van der Waals surface area contributed by atoms with Crippen molar-refractivity contribution in [3.8, 4) is 0 Å². The second kappa shape index (κ2) is 7.25. The van der Waals surface area contributed by atoms with Crippen molar-refractivity contribution in [2.24, 2.45) is 7.05 Å². The van der Waals surface area contributed by atoms with Crippen LogP contribution in [0.5, 0.6) is 0 Å². The third kappa shape index (κ3) is 3.83. The maximum Gasteiger partial charge on any atom is 0.249 e. The molecule has 0 aromatic carbocycles. The first-order valence-electron chi connectivity index (χ1n) is 9.30. The number of ether oxygens (including phenoxy) is 1. The quantitative estimate of drug-likeness (QED) is 0.883. The second-order valence-electron chi connectivity index (χ2n) is 7.42. The number of aromatic nitrogens is 2. The van der Waals surface area contributed by atoms with Crippen LogP contribution in [-0.2, 0) is 29.7 Å². The van der Waals surface area contributed by atoms with Crippen molar-refractivity contribution in [2.75, 3.05) is 13.1 Å². The Bertz CT molecular complexity index is 732. The highest BCUT2D eigenvalue weighted by atomic mass is 16.5. The summed E-state index contributed by atoms with van der Waals surface area (Å²) < 4.78 is 13.3. The van der Waals surface area contributed by atoms with E-state index in [0.29, 0.717) is 6.54 Å². The topological polar surface area (TPSA) is 72.5 Å². The van der Waals surface area contributed by atoms with Gasteiger partial charge in [0.25, 0.3) is 0 Å². The van der Waals surface area contributed by atoms with E-state index in [1.165, 1.54) is 5.56 Å². The van der Waals surface area contributed by atoms with Crippen LogP contribution < -0.4 is 5.32 Å². The van der Waals surface area contributed by atoms with Gasteiger partial charge in [-0.05, 0) is 37.8 Å². The summed E-state index contributed by atoms with van der Waals surface area (Å²) in [7, 11) is 1.94. The minimum absolute atomic E-state index is 0.0314. The van der Waals surface area contributed by atoms with Gasteiger partial charge in [0.15, 0.2) is 0 Å². The normalized spacial score (nSPS) is 22.7. The molecule has 2 aliphatic heterocycles. The summed E-state index contributed by atoms with van der Waals surface area (Å²) >= 11 is 0. The van der Waals surface area contributed by atoms with E-state index in [4.69, 9.17) is 9.15 Å². The molecule has 4 rings (SSSR count). The molecule has 4 heterocycles. The number of amides is 1. The summed E-state index contributed by atoms with van der Waals surface area (Å²) in [5, 5.41) is 7.15. The maximum absolute atomic E-state index is 12.4. The van der Waals surface area contributed by atoms with Crippen LogP contribution in [0.1, 0.15) is 37.0 Å². The highest BCUT2D eigenvalue weighted by molar-refractivity contribution is 5.81. The molecule has 0 aliphatic carbocycles. The lowest BCUT2D eigenvalue weighted by atomic mass is 9.88. The summed E-state index contributed by atoms with van der Waals surface area (Å²) in [6, 6.07) is 3.68. The van der Waals surface area contributed by atoms with Gasteiger partial charge in [0.2, 0.25) is 5.91 Å². The number of carbonyl (C=O) groups excluding carboxylic acids is 1. The SMILES string of the molecule is Cn1cc(CN2CCC3(CCC(C(=O)NCc4ccco4)O3)CC2)cn1. The van der Waals surface area contributed by atoms with Gasteiger partial charge < -0.3 is 14.5 Å². The van der Waals surface area contributed by atoms with E-state index in [1.54, 1.807) is 6.26 Å². The fourth-order valence-corrected chi connectivity index (χ4v) is 4.00. The number of likely N-dealkylation sites (tertiary alicyclic amines) is 1. The van der Waals surface area contributed by atoms with E-state index in [-0.39, 0.29) is 17.6 Å². The van der Waals surface area contributed by atoms with Crippen molar-refractivity contribution in [3.63, 3.8) is 0 Å². The molecule has 2 saturated heterocycles.